The fourth-order valence-corrected chi connectivity index (χ4v) is 3.65. The number of aryl methyl sites for hydroxylation is 1. The summed E-state index contributed by atoms with van der Waals surface area (Å²) in [4.78, 5) is 26.0. The smallest absolute Gasteiger partial charge is 0.410 e. The molecule has 2 aromatic rings. The molecular formula is C26H33NO6. The molecule has 0 saturated carbocycles. The Morgan fingerprint density at radius 2 is 1.79 bits per heavy atom. The minimum atomic E-state index is -0.571. The maximum atomic E-state index is 12.7. The van der Waals surface area contributed by atoms with Crippen molar-refractivity contribution in [3.63, 3.8) is 0 Å². The molecule has 1 amide bonds. The standard InChI is InChI=1S/C26H33NO6/c1-26(2,3)33-25(29)27-16-17-31-22(18-27)24(20-11-6-5-7-12-20)32-21-13-9-8-10-19(21)14-15-23(28)30-4/h5-13,22,24H,14-18H2,1-4H3/t22-,24-/m0/s1. The van der Waals surface area contributed by atoms with Crippen LogP contribution in [0.25, 0.3) is 0 Å². The Kier molecular flexibility index (Phi) is 8.33. The molecule has 0 N–H and O–H groups in total. The van der Waals surface area contributed by atoms with Crippen molar-refractivity contribution in [3.05, 3.63) is 65.7 Å². The van der Waals surface area contributed by atoms with E-state index in [1.54, 1.807) is 4.90 Å². The summed E-state index contributed by atoms with van der Waals surface area (Å²) in [5, 5.41) is 0. The summed E-state index contributed by atoms with van der Waals surface area (Å²) in [5.41, 5.74) is 1.28. The Labute approximate surface area is 195 Å². The first-order valence-corrected chi connectivity index (χ1v) is 11.2. The molecule has 1 heterocycles. The fraction of sp³-hybridized carbons (Fsp3) is 0.462. The Balaban J connectivity index is 1.82. The van der Waals surface area contributed by atoms with Crippen LogP contribution in [0.5, 0.6) is 5.75 Å². The van der Waals surface area contributed by atoms with E-state index in [1.165, 1.54) is 7.11 Å². The largest absolute Gasteiger partial charge is 0.483 e. The van der Waals surface area contributed by atoms with E-state index < -0.39 is 11.7 Å². The molecule has 7 nitrogen and oxygen atoms in total. The summed E-state index contributed by atoms with van der Waals surface area (Å²) < 4.78 is 22.9. The van der Waals surface area contributed by atoms with Gasteiger partial charge in [-0.15, -0.1) is 0 Å². The molecule has 0 radical (unpaired) electrons. The number of carbonyl (C=O) groups is 2. The lowest BCUT2D eigenvalue weighted by Crippen LogP contribution is -2.50. The summed E-state index contributed by atoms with van der Waals surface area (Å²) >= 11 is 0. The number of esters is 1. The highest BCUT2D eigenvalue weighted by atomic mass is 16.6. The molecule has 7 heteroatoms. The number of carbonyl (C=O) groups excluding carboxylic acids is 2. The molecule has 0 bridgehead atoms. The Hall–Kier alpha value is -3.06. The number of ether oxygens (including phenoxy) is 4. The number of morpholine rings is 1. The van der Waals surface area contributed by atoms with Crippen molar-refractivity contribution in [1.82, 2.24) is 4.90 Å². The van der Waals surface area contributed by atoms with E-state index in [-0.39, 0.29) is 24.6 Å². The lowest BCUT2D eigenvalue weighted by Gasteiger charge is -2.37. The van der Waals surface area contributed by atoms with Gasteiger partial charge < -0.3 is 23.8 Å². The average molecular weight is 456 g/mol. The lowest BCUT2D eigenvalue weighted by molar-refractivity contribution is -0.140. The summed E-state index contributed by atoms with van der Waals surface area (Å²) in [6.45, 7) is 6.75. The molecule has 178 valence electrons. The number of rotatable bonds is 7. The number of hydrogen-bond acceptors (Lipinski definition) is 6. The monoisotopic (exact) mass is 455 g/mol. The van der Waals surface area contributed by atoms with Gasteiger partial charge in [0.05, 0.1) is 20.3 Å². The van der Waals surface area contributed by atoms with E-state index >= 15 is 0 Å². The maximum absolute atomic E-state index is 12.7. The molecule has 1 aliphatic rings. The van der Waals surface area contributed by atoms with Gasteiger partial charge in [-0.3, -0.25) is 4.79 Å². The van der Waals surface area contributed by atoms with E-state index in [2.05, 4.69) is 0 Å². The van der Waals surface area contributed by atoms with Crippen LogP contribution < -0.4 is 4.74 Å². The van der Waals surface area contributed by atoms with Crippen LogP contribution >= 0.6 is 0 Å². The predicted octanol–water partition coefficient (Wildman–Crippen LogP) is 4.55. The minimum absolute atomic E-state index is 0.263. The van der Waals surface area contributed by atoms with Crippen molar-refractivity contribution in [1.29, 1.82) is 0 Å². The van der Waals surface area contributed by atoms with Crippen LogP contribution in [0, 0.1) is 0 Å². The van der Waals surface area contributed by atoms with Crippen LogP contribution in [0.2, 0.25) is 0 Å². The highest BCUT2D eigenvalue weighted by molar-refractivity contribution is 5.69. The number of methoxy groups -OCH3 is 1. The molecule has 2 atom stereocenters. The van der Waals surface area contributed by atoms with Crippen LogP contribution in [-0.2, 0) is 25.4 Å². The molecule has 1 saturated heterocycles. The Bertz CT molecular complexity index is 924. The number of hydrogen-bond donors (Lipinski definition) is 0. The Morgan fingerprint density at radius 3 is 2.48 bits per heavy atom. The normalized spacial score (nSPS) is 17.2. The predicted molar refractivity (Wildman–Crippen MR) is 124 cm³/mol. The van der Waals surface area contributed by atoms with E-state index in [1.807, 2.05) is 75.4 Å². The van der Waals surface area contributed by atoms with Crippen molar-refractivity contribution in [2.75, 3.05) is 26.8 Å². The minimum Gasteiger partial charge on any atom is -0.483 e. The second-order valence-electron chi connectivity index (χ2n) is 8.97. The third-order valence-corrected chi connectivity index (χ3v) is 5.26. The van der Waals surface area contributed by atoms with Gasteiger partial charge in [0, 0.05) is 13.0 Å². The van der Waals surface area contributed by atoms with Crippen molar-refractivity contribution < 1.29 is 28.5 Å². The van der Waals surface area contributed by atoms with Gasteiger partial charge in [-0.25, -0.2) is 4.79 Å². The van der Waals surface area contributed by atoms with Gasteiger partial charge in [0.15, 0.2) is 6.10 Å². The molecule has 0 aromatic heterocycles. The van der Waals surface area contributed by atoms with Gasteiger partial charge in [0.25, 0.3) is 0 Å². The van der Waals surface area contributed by atoms with Crippen LogP contribution in [-0.4, -0.2) is 55.5 Å². The van der Waals surface area contributed by atoms with Gasteiger partial charge in [-0.1, -0.05) is 48.5 Å². The van der Waals surface area contributed by atoms with Gasteiger partial charge >= 0.3 is 12.1 Å². The first kappa shape index (κ1) is 24.6. The quantitative estimate of drug-likeness (QED) is 0.571. The number of benzene rings is 2. The zero-order chi connectivity index (χ0) is 23.8. The molecule has 2 aromatic carbocycles. The number of para-hydroxylation sites is 1. The topological polar surface area (TPSA) is 74.3 Å². The first-order chi connectivity index (χ1) is 15.8. The maximum Gasteiger partial charge on any atom is 0.410 e. The molecule has 1 fully saturated rings. The molecule has 0 unspecified atom stereocenters. The van der Waals surface area contributed by atoms with Crippen LogP contribution in [0.3, 0.4) is 0 Å². The van der Waals surface area contributed by atoms with E-state index in [0.29, 0.717) is 31.9 Å². The van der Waals surface area contributed by atoms with Crippen molar-refractivity contribution in [2.24, 2.45) is 0 Å². The van der Waals surface area contributed by atoms with Crippen molar-refractivity contribution in [3.8, 4) is 5.75 Å². The molecule has 1 aliphatic heterocycles. The second kappa shape index (κ2) is 11.2. The van der Waals surface area contributed by atoms with Crippen LogP contribution in [0.15, 0.2) is 54.6 Å². The number of nitrogens with zero attached hydrogens (tertiary/aromatic N) is 1. The SMILES string of the molecule is COC(=O)CCc1ccccc1O[C@@H](c1ccccc1)[C@@H]1CN(C(=O)OC(C)(C)C)CCO1. The van der Waals surface area contributed by atoms with Gasteiger partial charge in [0.1, 0.15) is 17.5 Å². The zero-order valence-corrected chi connectivity index (χ0v) is 19.8. The van der Waals surface area contributed by atoms with Crippen LogP contribution in [0.1, 0.15) is 44.4 Å². The van der Waals surface area contributed by atoms with E-state index in [4.69, 9.17) is 18.9 Å². The van der Waals surface area contributed by atoms with Gasteiger partial charge in [-0.2, -0.15) is 0 Å². The summed E-state index contributed by atoms with van der Waals surface area (Å²) in [5.74, 6) is 0.404. The molecule has 0 spiro atoms. The van der Waals surface area contributed by atoms with E-state index in [0.717, 1.165) is 11.1 Å². The Morgan fingerprint density at radius 1 is 1.09 bits per heavy atom. The summed E-state index contributed by atoms with van der Waals surface area (Å²) in [6.07, 6.45) is -0.432. The third kappa shape index (κ3) is 7.22. The second-order valence-corrected chi connectivity index (χ2v) is 8.97. The van der Waals surface area contributed by atoms with Crippen LogP contribution in [0.4, 0.5) is 4.79 Å². The molecule has 0 aliphatic carbocycles. The van der Waals surface area contributed by atoms with Crippen molar-refractivity contribution >= 4 is 12.1 Å². The zero-order valence-electron chi connectivity index (χ0n) is 19.8. The highest BCUT2D eigenvalue weighted by Gasteiger charge is 2.35. The third-order valence-electron chi connectivity index (χ3n) is 5.26. The summed E-state index contributed by atoms with van der Waals surface area (Å²) in [6, 6.07) is 17.4. The molecule has 3 rings (SSSR count). The van der Waals surface area contributed by atoms with E-state index in [9.17, 15) is 9.59 Å². The lowest BCUT2D eigenvalue weighted by atomic mass is 10.0. The molecule has 33 heavy (non-hydrogen) atoms. The first-order valence-electron chi connectivity index (χ1n) is 11.2. The fourth-order valence-electron chi connectivity index (χ4n) is 3.65. The van der Waals surface area contributed by atoms with Gasteiger partial charge in [-0.05, 0) is 44.4 Å². The highest BCUT2D eigenvalue weighted by Crippen LogP contribution is 2.31. The average Bonchev–Trinajstić information content (AvgIpc) is 2.81. The van der Waals surface area contributed by atoms with Crippen molar-refractivity contribution in [2.45, 2.75) is 51.4 Å². The molecular weight excluding hydrogens is 422 g/mol. The van der Waals surface area contributed by atoms with Gasteiger partial charge in [0.2, 0.25) is 0 Å². The number of amides is 1. The summed E-state index contributed by atoms with van der Waals surface area (Å²) in [7, 11) is 1.38.